The van der Waals surface area contributed by atoms with Gasteiger partial charge in [-0.05, 0) is 43.7 Å². The summed E-state index contributed by atoms with van der Waals surface area (Å²) in [5, 5.41) is 0. The Morgan fingerprint density at radius 2 is 1.06 bits per heavy atom. The minimum Gasteiger partial charge on any atom is -0.104 e. The van der Waals surface area contributed by atoms with Gasteiger partial charge in [0.25, 0.3) is 0 Å². The van der Waals surface area contributed by atoms with E-state index in [1.165, 1.54) is 64.2 Å². The van der Waals surface area contributed by atoms with Crippen LogP contribution in [0.25, 0.3) is 0 Å². The van der Waals surface area contributed by atoms with E-state index in [1.54, 1.807) is 0 Å². The summed E-state index contributed by atoms with van der Waals surface area (Å²) >= 11 is 0. The molecule has 2 atom stereocenters. The molecule has 0 rings (SSSR count). The summed E-state index contributed by atoms with van der Waals surface area (Å²) in [6, 6.07) is 0. The topological polar surface area (TPSA) is 0 Å². The molecule has 0 bridgehead atoms. The molecule has 0 saturated heterocycles. The van der Waals surface area contributed by atoms with Crippen molar-refractivity contribution in [2.75, 3.05) is 6.66 Å². The first-order valence-corrected chi connectivity index (χ1v) is 10.4. The average molecular weight is 272 g/mol. The molecule has 0 aromatic rings. The first-order chi connectivity index (χ1) is 8.71. The normalized spacial score (nSPS) is 16.5. The fourth-order valence-corrected chi connectivity index (χ4v) is 5.88. The van der Waals surface area contributed by atoms with Crippen molar-refractivity contribution in [1.82, 2.24) is 0 Å². The zero-order chi connectivity index (χ0) is 13.8. The standard InChI is InChI=1S/C17H37P/c1-6-10-12-14-16(8-3)18(5)17(9-4)15-13-11-7-2/h16-17H,6-15H2,1-5H3. The van der Waals surface area contributed by atoms with Crippen molar-refractivity contribution in [3.8, 4) is 0 Å². The lowest BCUT2D eigenvalue weighted by molar-refractivity contribution is 0.604. The van der Waals surface area contributed by atoms with E-state index in [4.69, 9.17) is 0 Å². The minimum atomic E-state index is 0.259. The zero-order valence-electron chi connectivity index (χ0n) is 13.7. The SMILES string of the molecule is CCCCCC(CC)P(C)C(CC)CCCCC. The highest BCUT2D eigenvalue weighted by atomic mass is 31.1. The quantitative estimate of drug-likeness (QED) is 0.270. The van der Waals surface area contributed by atoms with E-state index in [-0.39, 0.29) is 7.92 Å². The lowest BCUT2D eigenvalue weighted by Crippen LogP contribution is -2.14. The Labute approximate surface area is 118 Å². The van der Waals surface area contributed by atoms with Crippen LogP contribution in [-0.2, 0) is 0 Å². The molecule has 0 aliphatic rings. The molecule has 0 radical (unpaired) electrons. The molecule has 0 aromatic heterocycles. The Bertz CT molecular complexity index is 149. The van der Waals surface area contributed by atoms with Crippen molar-refractivity contribution in [3.05, 3.63) is 0 Å². The first-order valence-electron chi connectivity index (χ1n) is 8.43. The van der Waals surface area contributed by atoms with Crippen LogP contribution in [0, 0.1) is 0 Å². The summed E-state index contributed by atoms with van der Waals surface area (Å²) in [6.07, 6.45) is 14.4. The summed E-state index contributed by atoms with van der Waals surface area (Å²) in [4.78, 5) is 0. The Morgan fingerprint density at radius 3 is 1.33 bits per heavy atom. The molecule has 0 aliphatic heterocycles. The molecule has 1 heteroatoms. The number of rotatable bonds is 12. The van der Waals surface area contributed by atoms with Gasteiger partial charge in [-0.2, -0.15) is 0 Å². The summed E-state index contributed by atoms with van der Waals surface area (Å²) in [6.45, 7) is 12.0. The fraction of sp³-hybridized carbons (Fsp3) is 1.00. The van der Waals surface area contributed by atoms with Gasteiger partial charge in [0, 0.05) is 0 Å². The Kier molecular flexibility index (Phi) is 12.8. The maximum absolute atomic E-state index is 2.59. The van der Waals surface area contributed by atoms with Gasteiger partial charge in [0.05, 0.1) is 0 Å². The van der Waals surface area contributed by atoms with Gasteiger partial charge in [-0.15, -0.1) is 7.92 Å². The highest BCUT2D eigenvalue weighted by molar-refractivity contribution is 7.58. The van der Waals surface area contributed by atoms with E-state index in [1.807, 2.05) is 0 Å². The molecule has 0 spiro atoms. The smallest absolute Gasteiger partial charge is 0.0212 e. The van der Waals surface area contributed by atoms with Crippen LogP contribution in [0.3, 0.4) is 0 Å². The molecular weight excluding hydrogens is 235 g/mol. The molecule has 0 amide bonds. The highest BCUT2D eigenvalue weighted by Crippen LogP contribution is 2.49. The predicted octanol–water partition coefficient (Wildman–Crippen LogP) is 6.82. The van der Waals surface area contributed by atoms with Crippen LogP contribution in [0.4, 0.5) is 0 Å². The molecule has 110 valence electrons. The Balaban J connectivity index is 4.11. The maximum atomic E-state index is 2.59. The van der Waals surface area contributed by atoms with E-state index in [0.717, 1.165) is 11.3 Å². The molecule has 0 saturated carbocycles. The van der Waals surface area contributed by atoms with Crippen LogP contribution in [0.1, 0.15) is 91.9 Å². The molecular formula is C17H37P. The molecule has 0 nitrogen and oxygen atoms in total. The summed E-state index contributed by atoms with van der Waals surface area (Å²) in [7, 11) is 0.259. The van der Waals surface area contributed by atoms with Crippen molar-refractivity contribution in [2.24, 2.45) is 0 Å². The van der Waals surface area contributed by atoms with Crippen LogP contribution in [0.5, 0.6) is 0 Å². The molecule has 0 fully saturated rings. The second kappa shape index (κ2) is 12.5. The number of hydrogen-bond acceptors (Lipinski definition) is 0. The number of unbranched alkanes of at least 4 members (excludes halogenated alkanes) is 4. The second-order valence-corrected chi connectivity index (χ2v) is 8.57. The monoisotopic (exact) mass is 272 g/mol. The summed E-state index contributed by atoms with van der Waals surface area (Å²) in [5.74, 6) is 0. The third kappa shape index (κ3) is 7.78. The van der Waals surface area contributed by atoms with E-state index in [0.29, 0.717) is 0 Å². The second-order valence-electron chi connectivity index (χ2n) is 5.78. The molecule has 0 aromatic carbocycles. The van der Waals surface area contributed by atoms with Crippen molar-refractivity contribution in [3.63, 3.8) is 0 Å². The molecule has 0 heterocycles. The van der Waals surface area contributed by atoms with E-state index < -0.39 is 0 Å². The molecule has 2 unspecified atom stereocenters. The Morgan fingerprint density at radius 1 is 0.667 bits per heavy atom. The van der Waals surface area contributed by atoms with Crippen LogP contribution in [-0.4, -0.2) is 18.0 Å². The maximum Gasteiger partial charge on any atom is -0.0212 e. The third-order valence-corrected chi connectivity index (χ3v) is 7.93. The van der Waals surface area contributed by atoms with Crippen molar-refractivity contribution < 1.29 is 0 Å². The molecule has 0 aliphatic carbocycles. The third-order valence-electron chi connectivity index (χ3n) is 4.38. The minimum absolute atomic E-state index is 0.259. The van der Waals surface area contributed by atoms with Gasteiger partial charge in [-0.25, -0.2) is 0 Å². The van der Waals surface area contributed by atoms with Gasteiger partial charge < -0.3 is 0 Å². The zero-order valence-corrected chi connectivity index (χ0v) is 14.6. The lowest BCUT2D eigenvalue weighted by Gasteiger charge is -2.31. The molecule has 18 heavy (non-hydrogen) atoms. The van der Waals surface area contributed by atoms with Gasteiger partial charge >= 0.3 is 0 Å². The van der Waals surface area contributed by atoms with Gasteiger partial charge in [0.1, 0.15) is 0 Å². The largest absolute Gasteiger partial charge is 0.104 e. The predicted molar refractivity (Wildman–Crippen MR) is 89.3 cm³/mol. The van der Waals surface area contributed by atoms with Crippen LogP contribution in [0.15, 0.2) is 0 Å². The first kappa shape index (κ1) is 18.4. The van der Waals surface area contributed by atoms with Gasteiger partial charge in [0.15, 0.2) is 0 Å². The van der Waals surface area contributed by atoms with E-state index in [9.17, 15) is 0 Å². The van der Waals surface area contributed by atoms with Gasteiger partial charge in [-0.3, -0.25) is 0 Å². The van der Waals surface area contributed by atoms with Crippen molar-refractivity contribution in [1.29, 1.82) is 0 Å². The van der Waals surface area contributed by atoms with Gasteiger partial charge in [-0.1, -0.05) is 66.2 Å². The van der Waals surface area contributed by atoms with E-state index in [2.05, 4.69) is 34.4 Å². The van der Waals surface area contributed by atoms with Crippen molar-refractivity contribution in [2.45, 2.75) is 103 Å². The van der Waals surface area contributed by atoms with Gasteiger partial charge in [0.2, 0.25) is 0 Å². The Hall–Kier alpha value is 0.430. The van der Waals surface area contributed by atoms with Crippen LogP contribution >= 0.6 is 7.92 Å². The summed E-state index contributed by atoms with van der Waals surface area (Å²) < 4.78 is 0. The fourth-order valence-electron chi connectivity index (χ4n) is 2.95. The lowest BCUT2D eigenvalue weighted by atomic mass is 10.1. The van der Waals surface area contributed by atoms with Crippen LogP contribution in [0.2, 0.25) is 0 Å². The molecule has 0 N–H and O–H groups in total. The van der Waals surface area contributed by atoms with Crippen LogP contribution < -0.4 is 0 Å². The van der Waals surface area contributed by atoms with E-state index >= 15 is 0 Å². The summed E-state index contributed by atoms with van der Waals surface area (Å²) in [5.41, 5.74) is 2.08. The average Bonchev–Trinajstić information content (AvgIpc) is 2.39. The van der Waals surface area contributed by atoms with Crippen molar-refractivity contribution >= 4 is 7.92 Å². The highest BCUT2D eigenvalue weighted by Gasteiger charge is 2.21. The number of hydrogen-bond donors (Lipinski definition) is 0.